The van der Waals surface area contributed by atoms with E-state index in [2.05, 4.69) is 20.5 Å². The quantitative estimate of drug-likeness (QED) is 0.369. The number of rotatable bonds is 9. The van der Waals surface area contributed by atoms with Gasteiger partial charge >= 0.3 is 0 Å². The number of hydrogen-bond acceptors (Lipinski definition) is 8. The van der Waals surface area contributed by atoms with Crippen molar-refractivity contribution in [1.29, 1.82) is 0 Å². The van der Waals surface area contributed by atoms with E-state index in [0.717, 1.165) is 43.1 Å². The molecule has 5 amide bonds. The monoisotopic (exact) mass is 532 g/mol. The van der Waals surface area contributed by atoms with Crippen molar-refractivity contribution < 1.29 is 24.0 Å². The van der Waals surface area contributed by atoms with Crippen molar-refractivity contribution in [3.05, 3.63) is 53.7 Å². The molecule has 2 fully saturated rings. The number of nitrogens with zero attached hydrogens (tertiary/aromatic N) is 4. The van der Waals surface area contributed by atoms with Crippen molar-refractivity contribution in [3.8, 4) is 0 Å². The number of amides is 5. The molecule has 3 aliphatic heterocycles. The second kappa shape index (κ2) is 11.6. The maximum absolute atomic E-state index is 13.0. The van der Waals surface area contributed by atoms with E-state index in [9.17, 15) is 24.0 Å². The topological polar surface area (TPSA) is 132 Å². The zero-order valence-electron chi connectivity index (χ0n) is 21.7. The number of pyridine rings is 1. The summed E-state index contributed by atoms with van der Waals surface area (Å²) in [5.74, 6) is -0.923. The second-order valence-electron chi connectivity index (χ2n) is 10.0. The number of carbonyl (C=O) groups is 5. The van der Waals surface area contributed by atoms with Crippen LogP contribution < -0.4 is 15.5 Å². The summed E-state index contributed by atoms with van der Waals surface area (Å²) in [4.78, 5) is 71.5. The Morgan fingerprint density at radius 2 is 1.74 bits per heavy atom. The third kappa shape index (κ3) is 5.76. The first-order valence-electron chi connectivity index (χ1n) is 13.5. The van der Waals surface area contributed by atoms with Gasteiger partial charge in [0.15, 0.2) is 0 Å². The van der Waals surface area contributed by atoms with E-state index in [1.54, 1.807) is 24.4 Å². The summed E-state index contributed by atoms with van der Waals surface area (Å²) < 4.78 is 0. The third-order valence-corrected chi connectivity index (χ3v) is 7.44. The summed E-state index contributed by atoms with van der Waals surface area (Å²) in [6.45, 7) is 3.64. The molecule has 1 unspecified atom stereocenters. The number of anilines is 2. The van der Waals surface area contributed by atoms with Crippen molar-refractivity contribution in [2.45, 2.75) is 44.6 Å². The molecule has 1 atom stereocenters. The van der Waals surface area contributed by atoms with Crippen molar-refractivity contribution in [3.63, 3.8) is 0 Å². The number of nitrogens with one attached hydrogen (secondary N) is 2. The minimum Gasteiger partial charge on any atom is -0.385 e. The third-order valence-electron chi connectivity index (χ3n) is 7.44. The number of fused-ring (bicyclic) bond motifs is 1. The van der Waals surface area contributed by atoms with E-state index in [-0.39, 0.29) is 29.9 Å². The highest BCUT2D eigenvalue weighted by Gasteiger charge is 2.44. The normalized spacial score (nSPS) is 19.3. The van der Waals surface area contributed by atoms with Gasteiger partial charge in [0.1, 0.15) is 11.9 Å². The maximum atomic E-state index is 13.0. The standard InChI is InChI=1S/C28H32N6O5/c35-24-11-10-22(26(37)31-24)34-27(38)20-9-8-19(18-21(20)28(34)39)29-12-4-1-2-7-25(36)33-16-14-32(15-17-33)23-6-3-5-13-30-23/h3,5-6,8-9,13,18,22,29H,1-2,4,7,10-12,14-17H2,(H,31,35,37). The summed E-state index contributed by atoms with van der Waals surface area (Å²) in [6.07, 6.45) is 5.07. The van der Waals surface area contributed by atoms with Gasteiger partial charge in [0.25, 0.3) is 11.8 Å². The molecule has 204 valence electrons. The first-order chi connectivity index (χ1) is 18.9. The fourth-order valence-corrected chi connectivity index (χ4v) is 5.28. The van der Waals surface area contributed by atoms with Crippen LogP contribution in [0.4, 0.5) is 11.5 Å². The molecule has 0 aliphatic carbocycles. The molecule has 2 saturated heterocycles. The lowest BCUT2D eigenvalue weighted by atomic mass is 10.0. The predicted octanol–water partition coefficient (Wildman–Crippen LogP) is 1.80. The lowest BCUT2D eigenvalue weighted by Gasteiger charge is -2.35. The number of imide groups is 2. The molecule has 1 aromatic carbocycles. The number of piperidine rings is 1. The molecule has 1 aromatic heterocycles. The molecule has 0 radical (unpaired) electrons. The van der Waals surface area contributed by atoms with Gasteiger partial charge in [-0.2, -0.15) is 0 Å². The van der Waals surface area contributed by atoms with Crippen LogP contribution in [0.15, 0.2) is 42.6 Å². The van der Waals surface area contributed by atoms with Gasteiger partial charge in [-0.25, -0.2) is 4.98 Å². The number of carbonyl (C=O) groups excluding carboxylic acids is 5. The number of hydrogen-bond donors (Lipinski definition) is 2. The fourth-order valence-electron chi connectivity index (χ4n) is 5.28. The van der Waals surface area contributed by atoms with Gasteiger partial charge in [0, 0.05) is 57.4 Å². The van der Waals surface area contributed by atoms with Crippen molar-refractivity contribution in [1.82, 2.24) is 20.1 Å². The summed E-state index contributed by atoms with van der Waals surface area (Å²) in [6, 6.07) is 9.85. The summed E-state index contributed by atoms with van der Waals surface area (Å²) in [5.41, 5.74) is 1.22. The first-order valence-corrected chi connectivity index (χ1v) is 13.5. The molecule has 3 aliphatic rings. The zero-order chi connectivity index (χ0) is 27.4. The summed E-state index contributed by atoms with van der Waals surface area (Å²) in [5, 5.41) is 5.48. The van der Waals surface area contributed by atoms with Crippen molar-refractivity contribution in [2.24, 2.45) is 0 Å². The van der Waals surface area contributed by atoms with Crippen LogP contribution >= 0.6 is 0 Å². The molecule has 2 N–H and O–H groups in total. The Balaban J connectivity index is 1.03. The molecule has 39 heavy (non-hydrogen) atoms. The van der Waals surface area contributed by atoms with E-state index in [1.807, 2.05) is 23.1 Å². The highest BCUT2D eigenvalue weighted by molar-refractivity contribution is 6.23. The predicted molar refractivity (Wildman–Crippen MR) is 143 cm³/mol. The zero-order valence-corrected chi connectivity index (χ0v) is 21.7. The molecule has 11 nitrogen and oxygen atoms in total. The van der Waals surface area contributed by atoms with E-state index < -0.39 is 29.7 Å². The van der Waals surface area contributed by atoms with Gasteiger partial charge in [0.2, 0.25) is 17.7 Å². The number of unbranched alkanes of at least 4 members (excludes halogenated alkanes) is 2. The first kappa shape index (κ1) is 26.3. The van der Waals surface area contributed by atoms with Crippen LogP contribution in [0.3, 0.4) is 0 Å². The molecule has 0 saturated carbocycles. The van der Waals surface area contributed by atoms with Crippen LogP contribution in [-0.4, -0.2) is 83.1 Å². The van der Waals surface area contributed by atoms with Crippen LogP contribution in [-0.2, 0) is 14.4 Å². The molecule has 2 aromatic rings. The Bertz CT molecular complexity index is 1270. The van der Waals surface area contributed by atoms with Crippen LogP contribution in [0.25, 0.3) is 0 Å². The SMILES string of the molecule is O=C1CCC(N2C(=O)c3ccc(NCCCCCC(=O)N4CCN(c5ccccn5)CC4)cc3C2=O)C(=O)N1. The Morgan fingerprint density at radius 1 is 0.949 bits per heavy atom. The van der Waals surface area contributed by atoms with E-state index >= 15 is 0 Å². The van der Waals surface area contributed by atoms with Crippen LogP contribution in [0.1, 0.15) is 59.2 Å². The Hall–Kier alpha value is -4.28. The minimum atomic E-state index is -0.973. The van der Waals surface area contributed by atoms with Gasteiger partial charge < -0.3 is 15.1 Å². The molecule has 11 heteroatoms. The van der Waals surface area contributed by atoms with E-state index in [0.29, 0.717) is 31.7 Å². The van der Waals surface area contributed by atoms with Crippen LogP contribution in [0, 0.1) is 0 Å². The summed E-state index contributed by atoms with van der Waals surface area (Å²) in [7, 11) is 0. The number of aromatic nitrogens is 1. The Kier molecular flexibility index (Phi) is 7.85. The Labute approximate surface area is 226 Å². The minimum absolute atomic E-state index is 0.0881. The molecule has 5 rings (SSSR count). The average Bonchev–Trinajstić information content (AvgIpc) is 3.20. The van der Waals surface area contributed by atoms with Gasteiger partial charge in [0.05, 0.1) is 11.1 Å². The van der Waals surface area contributed by atoms with Crippen LogP contribution in [0.5, 0.6) is 0 Å². The molecular formula is C28H32N6O5. The van der Waals surface area contributed by atoms with E-state index in [1.165, 1.54) is 0 Å². The summed E-state index contributed by atoms with van der Waals surface area (Å²) >= 11 is 0. The van der Waals surface area contributed by atoms with E-state index in [4.69, 9.17) is 0 Å². The fraction of sp³-hybridized carbons (Fsp3) is 0.429. The highest BCUT2D eigenvalue weighted by Crippen LogP contribution is 2.29. The average molecular weight is 533 g/mol. The Morgan fingerprint density at radius 3 is 2.49 bits per heavy atom. The lowest BCUT2D eigenvalue weighted by molar-refractivity contribution is -0.136. The molecule has 4 heterocycles. The van der Waals surface area contributed by atoms with Gasteiger partial charge in [-0.1, -0.05) is 12.5 Å². The van der Waals surface area contributed by atoms with Gasteiger partial charge in [-0.15, -0.1) is 0 Å². The smallest absolute Gasteiger partial charge is 0.262 e. The maximum Gasteiger partial charge on any atom is 0.262 e. The highest BCUT2D eigenvalue weighted by atomic mass is 16.2. The molecular weight excluding hydrogens is 500 g/mol. The molecule has 0 spiro atoms. The second-order valence-corrected chi connectivity index (χ2v) is 10.0. The number of benzene rings is 1. The lowest BCUT2D eigenvalue weighted by Crippen LogP contribution is -2.54. The van der Waals surface area contributed by atoms with Gasteiger partial charge in [-0.05, 0) is 49.6 Å². The molecule has 0 bridgehead atoms. The van der Waals surface area contributed by atoms with Crippen molar-refractivity contribution in [2.75, 3.05) is 42.9 Å². The van der Waals surface area contributed by atoms with Gasteiger partial charge in [-0.3, -0.25) is 34.2 Å². The largest absolute Gasteiger partial charge is 0.385 e. The van der Waals surface area contributed by atoms with Crippen molar-refractivity contribution >= 4 is 41.0 Å². The van der Waals surface area contributed by atoms with Crippen LogP contribution in [0.2, 0.25) is 0 Å². The number of piperazine rings is 1.